The lowest BCUT2D eigenvalue weighted by Gasteiger charge is -2.55. The number of piperidine rings is 1. The maximum atomic E-state index is 13.2. The highest BCUT2D eigenvalue weighted by molar-refractivity contribution is 5.88. The summed E-state index contributed by atoms with van der Waals surface area (Å²) < 4.78 is 5.62. The molecule has 5 aliphatic rings. The minimum atomic E-state index is -0.206. The number of nitrogens with one attached hydrogen (secondary N) is 2. The lowest BCUT2D eigenvalue weighted by molar-refractivity contribution is -0.147. The predicted molar refractivity (Wildman–Crippen MR) is 128 cm³/mol. The van der Waals surface area contributed by atoms with Gasteiger partial charge in [-0.15, -0.1) is 0 Å². The highest BCUT2D eigenvalue weighted by Gasteiger charge is 2.54. The van der Waals surface area contributed by atoms with Crippen LogP contribution in [0.5, 0.6) is 5.75 Å². The summed E-state index contributed by atoms with van der Waals surface area (Å²) in [4.78, 5) is 28.4. The molecular formula is C27H39N3O3. The van der Waals surface area contributed by atoms with E-state index in [2.05, 4.69) is 21.6 Å². The van der Waals surface area contributed by atoms with Gasteiger partial charge in [-0.1, -0.05) is 24.6 Å². The van der Waals surface area contributed by atoms with Crippen LogP contribution in [-0.2, 0) is 9.59 Å². The van der Waals surface area contributed by atoms with Crippen molar-refractivity contribution in [3.05, 3.63) is 29.8 Å². The SMILES string of the molecule is COc1ccccc1C(CNC(=O)CNC(=O)C12CC3CC(CC(C3)C1)C2)N1CCCCC1. The Morgan fingerprint density at radius 2 is 1.64 bits per heavy atom. The number of para-hydroxylation sites is 1. The molecule has 1 unspecified atom stereocenters. The Bertz CT molecular complexity index is 829. The number of methoxy groups -OCH3 is 1. The van der Waals surface area contributed by atoms with Gasteiger partial charge < -0.3 is 15.4 Å². The van der Waals surface area contributed by atoms with E-state index in [0.717, 1.165) is 61.4 Å². The molecule has 6 heteroatoms. The minimum Gasteiger partial charge on any atom is -0.496 e. The maximum Gasteiger partial charge on any atom is 0.239 e. The Morgan fingerprint density at radius 1 is 1.00 bits per heavy atom. The Balaban J connectivity index is 1.18. The number of hydrogen-bond acceptors (Lipinski definition) is 4. The normalized spacial score (nSPS) is 31.7. The molecule has 0 spiro atoms. The molecule has 4 aliphatic carbocycles. The van der Waals surface area contributed by atoms with Crippen molar-refractivity contribution >= 4 is 11.8 Å². The van der Waals surface area contributed by atoms with E-state index in [1.165, 1.54) is 38.5 Å². The molecule has 0 aromatic heterocycles. The van der Waals surface area contributed by atoms with Crippen LogP contribution in [0.1, 0.15) is 69.4 Å². The quantitative estimate of drug-likeness (QED) is 0.630. The zero-order valence-electron chi connectivity index (χ0n) is 20.0. The largest absolute Gasteiger partial charge is 0.496 e. The molecule has 2 N–H and O–H groups in total. The average Bonchev–Trinajstić information content (AvgIpc) is 2.82. The molecule has 2 amide bonds. The van der Waals surface area contributed by atoms with Gasteiger partial charge in [0.1, 0.15) is 5.75 Å². The Morgan fingerprint density at radius 3 is 2.27 bits per heavy atom. The van der Waals surface area contributed by atoms with Crippen LogP contribution in [0.2, 0.25) is 0 Å². The van der Waals surface area contributed by atoms with Crippen molar-refractivity contribution in [3.8, 4) is 5.75 Å². The van der Waals surface area contributed by atoms with Crippen LogP contribution >= 0.6 is 0 Å². The lowest BCUT2D eigenvalue weighted by Crippen LogP contribution is -2.54. The number of amides is 2. The topological polar surface area (TPSA) is 70.7 Å². The fraction of sp³-hybridized carbons (Fsp3) is 0.704. The van der Waals surface area contributed by atoms with E-state index in [1.807, 2.05) is 18.2 Å². The van der Waals surface area contributed by atoms with E-state index in [4.69, 9.17) is 4.74 Å². The third-order valence-corrected chi connectivity index (χ3v) is 8.75. The molecule has 33 heavy (non-hydrogen) atoms. The van der Waals surface area contributed by atoms with Gasteiger partial charge in [-0.3, -0.25) is 14.5 Å². The number of carbonyl (C=O) groups is 2. The zero-order valence-corrected chi connectivity index (χ0v) is 20.0. The second kappa shape index (κ2) is 9.65. The fourth-order valence-corrected chi connectivity index (χ4v) is 7.62. The van der Waals surface area contributed by atoms with Gasteiger partial charge in [-0.05, 0) is 88.3 Å². The molecule has 1 atom stereocenters. The Kier molecular flexibility index (Phi) is 6.64. The summed E-state index contributed by atoms with van der Waals surface area (Å²) in [5.41, 5.74) is 0.905. The monoisotopic (exact) mass is 453 g/mol. The first-order valence-corrected chi connectivity index (χ1v) is 13.0. The van der Waals surface area contributed by atoms with E-state index in [1.54, 1.807) is 7.11 Å². The third kappa shape index (κ3) is 4.77. The van der Waals surface area contributed by atoms with Crippen LogP contribution in [-0.4, -0.2) is 50.0 Å². The molecule has 6 rings (SSSR count). The van der Waals surface area contributed by atoms with Crippen LogP contribution in [0.15, 0.2) is 24.3 Å². The molecule has 1 aromatic carbocycles. The van der Waals surface area contributed by atoms with Crippen molar-refractivity contribution in [2.75, 3.05) is 33.3 Å². The second-order valence-electron chi connectivity index (χ2n) is 11.0. The molecule has 1 aliphatic heterocycles. The molecule has 5 fully saturated rings. The van der Waals surface area contributed by atoms with E-state index in [-0.39, 0.29) is 29.8 Å². The summed E-state index contributed by atoms with van der Waals surface area (Å²) in [5.74, 6) is 3.04. The highest BCUT2D eigenvalue weighted by atomic mass is 16.5. The summed E-state index contributed by atoms with van der Waals surface area (Å²) >= 11 is 0. The third-order valence-electron chi connectivity index (χ3n) is 8.75. The zero-order chi connectivity index (χ0) is 22.8. The maximum absolute atomic E-state index is 13.2. The van der Waals surface area contributed by atoms with Crippen molar-refractivity contribution < 1.29 is 14.3 Å². The van der Waals surface area contributed by atoms with E-state index < -0.39 is 0 Å². The first-order valence-electron chi connectivity index (χ1n) is 13.0. The first-order chi connectivity index (χ1) is 16.1. The summed E-state index contributed by atoms with van der Waals surface area (Å²) in [6, 6.07) is 8.17. The minimum absolute atomic E-state index is 0.0687. The van der Waals surface area contributed by atoms with E-state index in [9.17, 15) is 9.59 Å². The Hall–Kier alpha value is -2.08. The lowest BCUT2D eigenvalue weighted by atomic mass is 9.49. The van der Waals surface area contributed by atoms with Crippen molar-refractivity contribution in [1.29, 1.82) is 0 Å². The van der Waals surface area contributed by atoms with Gasteiger partial charge in [0.05, 0.1) is 19.7 Å². The average molecular weight is 454 g/mol. The van der Waals surface area contributed by atoms with Gasteiger partial charge in [0.25, 0.3) is 0 Å². The number of nitrogens with zero attached hydrogens (tertiary/aromatic N) is 1. The van der Waals surface area contributed by atoms with E-state index >= 15 is 0 Å². The van der Waals surface area contributed by atoms with E-state index in [0.29, 0.717) is 6.54 Å². The van der Waals surface area contributed by atoms with Crippen molar-refractivity contribution in [1.82, 2.24) is 15.5 Å². The first kappa shape index (κ1) is 22.7. The van der Waals surface area contributed by atoms with Crippen LogP contribution in [0.25, 0.3) is 0 Å². The molecule has 4 saturated carbocycles. The number of carbonyl (C=O) groups excluding carboxylic acids is 2. The summed E-state index contributed by atoms with van der Waals surface area (Å²) in [5, 5.41) is 6.12. The molecule has 0 radical (unpaired) electrons. The second-order valence-corrected chi connectivity index (χ2v) is 11.0. The molecule has 1 heterocycles. The molecular weight excluding hydrogens is 414 g/mol. The predicted octanol–water partition coefficient (Wildman–Crippen LogP) is 3.67. The van der Waals surface area contributed by atoms with Gasteiger partial charge in [0.15, 0.2) is 0 Å². The van der Waals surface area contributed by atoms with Crippen LogP contribution in [0.4, 0.5) is 0 Å². The number of benzene rings is 1. The van der Waals surface area contributed by atoms with Gasteiger partial charge in [0.2, 0.25) is 11.8 Å². The van der Waals surface area contributed by atoms with Gasteiger partial charge in [-0.2, -0.15) is 0 Å². The van der Waals surface area contributed by atoms with Crippen molar-refractivity contribution in [2.24, 2.45) is 23.2 Å². The molecule has 180 valence electrons. The van der Waals surface area contributed by atoms with Gasteiger partial charge in [0, 0.05) is 17.5 Å². The van der Waals surface area contributed by atoms with Crippen molar-refractivity contribution in [2.45, 2.75) is 63.8 Å². The van der Waals surface area contributed by atoms with Gasteiger partial charge in [-0.25, -0.2) is 0 Å². The molecule has 6 nitrogen and oxygen atoms in total. The van der Waals surface area contributed by atoms with Crippen molar-refractivity contribution in [3.63, 3.8) is 0 Å². The standard InChI is InChI=1S/C27H39N3O3/c1-33-24-8-4-3-7-22(24)23(30-9-5-2-6-10-30)17-28-25(31)18-29-26(32)27-14-19-11-20(15-27)13-21(12-19)16-27/h3-4,7-8,19-21,23H,2,5-6,9-18H2,1H3,(H,28,31)(H,29,32). The highest BCUT2D eigenvalue weighted by Crippen LogP contribution is 2.60. The summed E-state index contributed by atoms with van der Waals surface area (Å²) in [6.45, 7) is 2.65. The smallest absolute Gasteiger partial charge is 0.239 e. The number of likely N-dealkylation sites (tertiary alicyclic amines) is 1. The summed E-state index contributed by atoms with van der Waals surface area (Å²) in [6.07, 6.45) is 10.6. The number of ether oxygens (including phenoxy) is 1. The Labute approximate surface area is 197 Å². The fourth-order valence-electron chi connectivity index (χ4n) is 7.62. The van der Waals surface area contributed by atoms with Crippen LogP contribution in [0, 0.1) is 23.2 Å². The van der Waals surface area contributed by atoms with Crippen LogP contribution in [0.3, 0.4) is 0 Å². The van der Waals surface area contributed by atoms with Gasteiger partial charge >= 0.3 is 0 Å². The summed E-state index contributed by atoms with van der Waals surface area (Å²) in [7, 11) is 1.70. The molecule has 1 aromatic rings. The molecule has 4 bridgehead atoms. The molecule has 1 saturated heterocycles. The number of rotatable bonds is 8. The number of hydrogen-bond donors (Lipinski definition) is 2. The van der Waals surface area contributed by atoms with Crippen LogP contribution < -0.4 is 15.4 Å².